The number of aliphatic imine (C=N–C) groups is 1. The molecule has 4 heterocycles. The number of fused-ring (bicyclic) bond motifs is 2. The number of alkyl halides is 2. The van der Waals surface area contributed by atoms with Crippen molar-refractivity contribution in [2.75, 3.05) is 46.4 Å². The molecule has 0 radical (unpaired) electrons. The van der Waals surface area contributed by atoms with Gasteiger partial charge in [0, 0.05) is 32.6 Å². The van der Waals surface area contributed by atoms with Gasteiger partial charge in [0.2, 0.25) is 70.9 Å². The molecule has 4 aliphatic heterocycles. The average molecular weight is 1460 g/mol. The minimum atomic E-state index is -3.33. The Morgan fingerprint density at radius 3 is 1.82 bits per heavy atom. The van der Waals surface area contributed by atoms with Gasteiger partial charge in [0.15, 0.2) is 11.3 Å². The number of nitrogens with two attached hydrogens (primary N) is 3. The number of aliphatic hydroxyl groups excluding tert-OH is 2. The lowest BCUT2D eigenvalue weighted by atomic mass is 9.85. The Morgan fingerprint density at radius 2 is 1.27 bits per heavy atom. The largest absolute Gasteiger partial charge is 0.394 e. The molecule has 564 valence electrons. The third-order valence-electron chi connectivity index (χ3n) is 19.8. The number of hydrogen-bond donors (Lipinski definition) is 15. The second-order valence-corrected chi connectivity index (χ2v) is 31.6. The second-order valence-electron chi connectivity index (χ2n) is 28.7. The summed E-state index contributed by atoms with van der Waals surface area (Å²) in [4.78, 5) is 197. The predicted octanol–water partition coefficient (Wildman–Crippen LogP) is -2.60. The summed E-state index contributed by atoms with van der Waals surface area (Å²) in [7, 11) is 2.81. The van der Waals surface area contributed by atoms with Gasteiger partial charge in [0.05, 0.1) is 29.4 Å². The second kappa shape index (κ2) is 35.6. The number of guanidine groups is 1. The van der Waals surface area contributed by atoms with Crippen LogP contribution in [-0.4, -0.2) is 243 Å². The number of halogens is 2. The van der Waals surface area contributed by atoms with Crippen LogP contribution in [0.15, 0.2) is 4.99 Å². The van der Waals surface area contributed by atoms with Crippen molar-refractivity contribution in [3.05, 3.63) is 0 Å². The van der Waals surface area contributed by atoms with Gasteiger partial charge < -0.3 is 95.3 Å². The number of primary amides is 1. The standard InChI is InChI=1S/C64H107F2N17O15S2/c1-14-31(4)41-52(92)78-44(54(94)77-43(33(6)16-3)58(97)81-24-18-21-38(81)46(67)86)62(11,12)100-99-56(80-53(93)42(32(5)15-2)75-47(87)34(7)70-13)55(95)74-36(27-84)49(89)72-35(20-17-23-71-60(68)69)48(88)73-37(28-85)50(90)79-45(61(8,9)10)59(98)82-25-19-22-39(82)57(96)83-30-63(29-64(63,65)66)26-40(83)51(91)76-41/h31-45,56,70,84-85H,14-30H2,1-13H3,(H2,67,86)(H,72,89)(H,73,88)(H,74,95)(H,75,87)(H,76,91)(H,77,94)(H,78,92)(H,79,90)(H,80,93)(H4,68,69,71)/t31-,32-,33-,34-,35-,36-,37-,38-,39-,40-,41-,42-,43-,44+,45+,56-,63-/m0/s1. The highest BCUT2D eigenvalue weighted by molar-refractivity contribution is 8.77. The average Bonchev–Trinajstić information content (AvgIpc) is 1.53. The molecule has 17 atom stereocenters. The van der Waals surface area contributed by atoms with E-state index in [2.05, 4.69) is 58.2 Å². The molecule has 5 rings (SSSR count). The number of aliphatic hydroxyl groups is 2. The van der Waals surface area contributed by atoms with E-state index in [-0.39, 0.29) is 64.1 Å². The molecule has 0 aromatic heterocycles. The first-order chi connectivity index (χ1) is 46.7. The van der Waals surface area contributed by atoms with Crippen molar-refractivity contribution in [1.29, 1.82) is 0 Å². The Morgan fingerprint density at radius 1 is 0.700 bits per heavy atom. The summed E-state index contributed by atoms with van der Waals surface area (Å²) in [6.07, 6.45) is 0.0938. The van der Waals surface area contributed by atoms with E-state index in [1.807, 2.05) is 0 Å². The Hall–Kier alpha value is -7.18. The van der Waals surface area contributed by atoms with Crippen LogP contribution < -0.4 is 70.4 Å². The van der Waals surface area contributed by atoms with E-state index < -0.39 is 227 Å². The van der Waals surface area contributed by atoms with E-state index in [9.17, 15) is 48.6 Å². The van der Waals surface area contributed by atoms with Crippen molar-refractivity contribution in [2.45, 2.75) is 242 Å². The molecule has 32 nitrogen and oxygen atoms in total. The molecule has 1 saturated carbocycles. The molecule has 100 heavy (non-hydrogen) atoms. The van der Waals surface area contributed by atoms with Gasteiger partial charge in [-0.25, -0.2) is 8.78 Å². The van der Waals surface area contributed by atoms with Crippen LogP contribution in [0.5, 0.6) is 0 Å². The molecule has 1 aliphatic carbocycles. The van der Waals surface area contributed by atoms with E-state index in [0.29, 0.717) is 30.1 Å². The molecule has 5 aliphatic rings. The van der Waals surface area contributed by atoms with E-state index in [0.717, 1.165) is 15.7 Å². The minimum Gasteiger partial charge on any atom is -0.394 e. The quantitative estimate of drug-likeness (QED) is 0.0243. The highest BCUT2D eigenvalue weighted by Gasteiger charge is 2.75. The fourth-order valence-electron chi connectivity index (χ4n) is 12.6. The summed E-state index contributed by atoms with van der Waals surface area (Å²) >= 11 is 0. The van der Waals surface area contributed by atoms with Crippen molar-refractivity contribution in [2.24, 2.45) is 50.8 Å². The van der Waals surface area contributed by atoms with Crippen molar-refractivity contribution >= 4 is 104 Å². The highest BCUT2D eigenvalue weighted by atomic mass is 33.1. The maximum Gasteiger partial charge on any atom is 0.256 e. The first-order valence-corrected chi connectivity index (χ1v) is 36.5. The van der Waals surface area contributed by atoms with Crippen molar-refractivity contribution in [1.82, 2.24) is 67.9 Å². The molecule has 0 bridgehead atoms. The van der Waals surface area contributed by atoms with Gasteiger partial charge in [-0.2, -0.15) is 0 Å². The summed E-state index contributed by atoms with van der Waals surface area (Å²) < 4.78 is 29.6. The summed E-state index contributed by atoms with van der Waals surface area (Å²) in [5.74, 6) is -18.0. The van der Waals surface area contributed by atoms with Crippen molar-refractivity contribution < 1.29 is 81.3 Å². The number of carbonyl (C=O) groups excluding carboxylic acids is 13. The van der Waals surface area contributed by atoms with Gasteiger partial charge in [0.25, 0.3) is 11.8 Å². The van der Waals surface area contributed by atoms with E-state index >= 15 is 32.8 Å². The van der Waals surface area contributed by atoms with Gasteiger partial charge in [-0.15, -0.1) is 0 Å². The van der Waals surface area contributed by atoms with Crippen LogP contribution in [0, 0.1) is 28.6 Å². The molecule has 0 aromatic carbocycles. The molecule has 0 aromatic rings. The fraction of sp³-hybridized carbons (Fsp3) is 0.781. The lowest BCUT2D eigenvalue weighted by Crippen LogP contribution is -2.64. The Kier molecular flexibility index (Phi) is 29.7. The number of carbonyl (C=O) groups is 13. The lowest BCUT2D eigenvalue weighted by Gasteiger charge is -2.38. The molecule has 4 saturated heterocycles. The lowest BCUT2D eigenvalue weighted by molar-refractivity contribution is -0.149. The first kappa shape index (κ1) is 83.5. The Balaban J connectivity index is 1.73. The molecule has 13 amide bonds. The Bertz CT molecular complexity index is 3050. The van der Waals surface area contributed by atoms with Crippen molar-refractivity contribution in [3.63, 3.8) is 0 Å². The third kappa shape index (κ3) is 20.6. The number of likely N-dealkylation sites (N-methyl/N-ethyl adjacent to an activating group) is 1. The highest BCUT2D eigenvalue weighted by Crippen LogP contribution is 2.66. The van der Waals surface area contributed by atoms with Crippen LogP contribution in [-0.2, 0) is 62.3 Å². The molecule has 0 unspecified atom stereocenters. The monoisotopic (exact) mass is 1460 g/mol. The van der Waals surface area contributed by atoms with Gasteiger partial charge in [-0.1, -0.05) is 103 Å². The van der Waals surface area contributed by atoms with Crippen molar-refractivity contribution in [3.8, 4) is 0 Å². The number of amides is 13. The van der Waals surface area contributed by atoms with Gasteiger partial charge in [-0.3, -0.25) is 67.3 Å². The first-order valence-electron chi connectivity index (χ1n) is 34.3. The topological polar surface area (TPSA) is 483 Å². The van der Waals surface area contributed by atoms with E-state index in [1.54, 1.807) is 62.3 Å². The number of nitrogens with zero attached hydrogens (tertiary/aromatic N) is 4. The van der Waals surface area contributed by atoms with Crippen LogP contribution in [0.4, 0.5) is 8.78 Å². The van der Waals surface area contributed by atoms with Gasteiger partial charge in [-0.05, 0) is 95.9 Å². The molecular weight excluding hydrogens is 1350 g/mol. The van der Waals surface area contributed by atoms with Crippen LogP contribution in [0.2, 0.25) is 0 Å². The number of rotatable bonds is 21. The molecule has 18 N–H and O–H groups in total. The molecule has 36 heteroatoms. The maximum absolute atomic E-state index is 15.7. The number of hydrogen-bond acceptors (Lipinski definition) is 19. The summed E-state index contributed by atoms with van der Waals surface area (Å²) in [5, 5.41) is 45.9. The summed E-state index contributed by atoms with van der Waals surface area (Å²) in [6.45, 7) is 16.4. The zero-order valence-corrected chi connectivity index (χ0v) is 61.2. The maximum atomic E-state index is 15.7. The molecular formula is C64H107F2N17O15S2. The van der Waals surface area contributed by atoms with E-state index in [4.69, 9.17) is 17.2 Å². The minimum absolute atomic E-state index is 0.00303. The normalized spacial score (nSPS) is 29.2. The summed E-state index contributed by atoms with van der Waals surface area (Å²) in [6, 6.07) is -17.9. The summed E-state index contributed by atoms with van der Waals surface area (Å²) in [5.41, 5.74) is 13.8. The zero-order valence-electron chi connectivity index (χ0n) is 59.6. The fourth-order valence-corrected chi connectivity index (χ4v) is 15.2. The third-order valence-corrected chi connectivity index (χ3v) is 23.3. The zero-order chi connectivity index (χ0) is 75.3. The number of nitrogens with one attached hydrogen (secondary N) is 10. The van der Waals surface area contributed by atoms with Crippen LogP contribution in [0.1, 0.15) is 154 Å². The smallest absolute Gasteiger partial charge is 0.256 e. The number of likely N-dealkylation sites (tertiary alicyclic amines) is 1. The van der Waals surface area contributed by atoms with Crippen LogP contribution in [0.3, 0.4) is 0 Å². The van der Waals surface area contributed by atoms with Crippen LogP contribution >= 0.6 is 21.6 Å². The molecule has 1 spiro atoms. The SMILES string of the molecule is CC[C@H](C)[C@H](NC(=O)[C@H](C)NC)C(=O)N[C@H]1SSC(C)(C)[C@@H](C(=O)N[C@H](C(=O)N2CCC[C@H]2C(N)=O)[C@@H](C)CC)NC(=O)[C@H]([C@@H](C)CC)NC(=O)[C@@H]2C[C@@]3(CN2C(=O)[C@@H]2CCCN2C(=O)[C@H](C(C)(C)C)NC(=O)[C@H](CO)NC(=O)[C@H](CCCN=C(N)N)NC(=O)[C@H](CO)NC1=O)CC3(F)F. The molecule has 5 fully saturated rings. The Labute approximate surface area is 590 Å². The predicted molar refractivity (Wildman–Crippen MR) is 368 cm³/mol. The van der Waals surface area contributed by atoms with Gasteiger partial charge in [0.1, 0.15) is 66.5 Å². The van der Waals surface area contributed by atoms with Crippen LogP contribution in [0.25, 0.3) is 0 Å². The van der Waals surface area contributed by atoms with Gasteiger partial charge >= 0.3 is 0 Å². The van der Waals surface area contributed by atoms with E-state index in [1.165, 1.54) is 37.6 Å².